The first-order chi connectivity index (χ1) is 14.7. The summed E-state index contributed by atoms with van der Waals surface area (Å²) in [5.41, 5.74) is 10.7. The van der Waals surface area contributed by atoms with Crippen LogP contribution in [0.5, 0.6) is 11.5 Å². The summed E-state index contributed by atoms with van der Waals surface area (Å²) in [5.74, 6) is 2.32. The Morgan fingerprint density at radius 3 is 2.97 bits per heavy atom. The van der Waals surface area contributed by atoms with Gasteiger partial charge in [0, 0.05) is 23.9 Å². The Balaban J connectivity index is 1.38. The first kappa shape index (κ1) is 17.4. The van der Waals surface area contributed by atoms with Crippen molar-refractivity contribution in [2.45, 2.75) is 25.3 Å². The quantitative estimate of drug-likeness (QED) is 0.773. The minimum atomic E-state index is -0.392. The molecule has 0 aromatic heterocycles. The largest absolute Gasteiger partial charge is 0.495 e. The van der Waals surface area contributed by atoms with Gasteiger partial charge in [0.1, 0.15) is 24.7 Å². The zero-order chi connectivity index (χ0) is 20.2. The number of primary amides is 1. The summed E-state index contributed by atoms with van der Waals surface area (Å²) in [4.78, 5) is 19.0. The maximum absolute atomic E-state index is 12.0. The number of amidine groups is 1. The maximum Gasteiger partial charge on any atom is 0.240 e. The van der Waals surface area contributed by atoms with Crippen molar-refractivity contribution in [1.29, 1.82) is 0 Å². The molecule has 0 saturated heterocycles. The number of benzene rings is 1. The van der Waals surface area contributed by atoms with Gasteiger partial charge >= 0.3 is 0 Å². The number of ether oxygens (including phenoxy) is 3. The van der Waals surface area contributed by atoms with Crippen LogP contribution in [0.25, 0.3) is 0 Å². The molecule has 0 radical (unpaired) electrons. The number of carbonyl (C=O) groups is 1. The average molecular weight is 406 g/mol. The third-order valence-electron chi connectivity index (χ3n) is 6.16. The lowest BCUT2D eigenvalue weighted by Crippen LogP contribution is -2.43. The fraction of sp³-hybridized carbons (Fsp3) is 0.364. The lowest BCUT2D eigenvalue weighted by Gasteiger charge is -2.30. The molecule has 8 heteroatoms. The van der Waals surface area contributed by atoms with E-state index in [2.05, 4.69) is 10.2 Å². The molecule has 1 saturated carbocycles. The van der Waals surface area contributed by atoms with Crippen LogP contribution in [0, 0.1) is 5.92 Å². The highest BCUT2D eigenvalue weighted by molar-refractivity contribution is 6.02. The molecule has 1 fully saturated rings. The first-order valence-electron chi connectivity index (χ1n) is 10.2. The van der Waals surface area contributed by atoms with Gasteiger partial charge in [-0.1, -0.05) is 0 Å². The van der Waals surface area contributed by atoms with Gasteiger partial charge in [0.15, 0.2) is 11.5 Å². The molecule has 154 valence electrons. The van der Waals surface area contributed by atoms with Crippen LogP contribution in [0.2, 0.25) is 0 Å². The maximum atomic E-state index is 12.0. The van der Waals surface area contributed by atoms with E-state index in [0.29, 0.717) is 6.61 Å². The van der Waals surface area contributed by atoms with Crippen LogP contribution < -0.4 is 20.5 Å². The summed E-state index contributed by atoms with van der Waals surface area (Å²) in [7, 11) is 0. The molecule has 4 heterocycles. The molecule has 1 aromatic carbocycles. The van der Waals surface area contributed by atoms with Gasteiger partial charge in [-0.25, -0.2) is 4.99 Å². The van der Waals surface area contributed by atoms with E-state index in [-0.39, 0.29) is 18.6 Å². The Morgan fingerprint density at radius 1 is 1.27 bits per heavy atom. The Bertz CT molecular complexity index is 1070. The predicted octanol–water partition coefficient (Wildman–Crippen LogP) is 1.74. The number of nitrogens with two attached hydrogens (primary N) is 1. The SMILES string of the molecule is NC(=O)C(NC1=COCC2=C3C1=CN=C(c1ccc4c(c1)OCO4)N3CC2)C1CC1. The monoisotopic (exact) mass is 406 g/mol. The molecule has 1 unspecified atom stereocenters. The van der Waals surface area contributed by atoms with Crippen LogP contribution in [0.4, 0.5) is 0 Å². The Morgan fingerprint density at radius 2 is 2.13 bits per heavy atom. The smallest absolute Gasteiger partial charge is 0.240 e. The average Bonchev–Trinajstić information content (AvgIpc) is 3.36. The third-order valence-corrected chi connectivity index (χ3v) is 6.16. The fourth-order valence-electron chi connectivity index (χ4n) is 4.49. The zero-order valence-electron chi connectivity index (χ0n) is 16.4. The summed E-state index contributed by atoms with van der Waals surface area (Å²) < 4.78 is 16.8. The lowest BCUT2D eigenvalue weighted by atomic mass is 10.0. The van der Waals surface area contributed by atoms with Crippen LogP contribution >= 0.6 is 0 Å². The minimum absolute atomic E-state index is 0.244. The number of amides is 1. The van der Waals surface area contributed by atoms with Gasteiger partial charge in [0.05, 0.1) is 11.4 Å². The highest BCUT2D eigenvalue weighted by atomic mass is 16.7. The van der Waals surface area contributed by atoms with Gasteiger partial charge in [-0.05, 0) is 49.0 Å². The van der Waals surface area contributed by atoms with Gasteiger partial charge in [0.25, 0.3) is 0 Å². The van der Waals surface area contributed by atoms with Crippen molar-refractivity contribution in [3.8, 4) is 11.5 Å². The third kappa shape index (κ3) is 2.74. The normalized spacial score (nSPS) is 22.4. The molecule has 1 aliphatic carbocycles. The number of hydrogen-bond donors (Lipinski definition) is 2. The van der Waals surface area contributed by atoms with Gasteiger partial charge in [-0.3, -0.25) is 4.79 Å². The Labute approximate surface area is 173 Å². The standard InChI is InChI=1S/C22H22N4O4/c23-21(27)19(12-1-2-12)25-16-10-28-9-14-5-6-26-20(14)15(16)8-24-22(26)13-3-4-17-18(7-13)30-11-29-17/h3-4,7-8,10,12,19,25H,1-2,5-6,9,11H2,(H2,23,27). The molecule has 6 rings (SSSR count). The van der Waals surface area contributed by atoms with E-state index in [4.69, 9.17) is 24.9 Å². The van der Waals surface area contributed by atoms with Crippen LogP contribution in [0.15, 0.2) is 58.2 Å². The van der Waals surface area contributed by atoms with E-state index in [0.717, 1.165) is 65.7 Å². The molecule has 0 bridgehead atoms. The molecule has 1 amide bonds. The second-order valence-corrected chi connectivity index (χ2v) is 8.12. The van der Waals surface area contributed by atoms with Crippen LogP contribution in [0.3, 0.4) is 0 Å². The van der Waals surface area contributed by atoms with Gasteiger partial charge in [-0.2, -0.15) is 0 Å². The van der Waals surface area contributed by atoms with E-state index >= 15 is 0 Å². The summed E-state index contributed by atoms with van der Waals surface area (Å²) in [5, 5.41) is 3.34. The number of fused-ring (bicyclic) bond motifs is 1. The van der Waals surface area contributed by atoms with E-state index < -0.39 is 6.04 Å². The van der Waals surface area contributed by atoms with Crippen molar-refractivity contribution in [2.24, 2.45) is 16.6 Å². The molecule has 8 nitrogen and oxygen atoms in total. The van der Waals surface area contributed by atoms with Gasteiger partial charge < -0.3 is 30.2 Å². The minimum Gasteiger partial charge on any atom is -0.495 e. The van der Waals surface area contributed by atoms with Crippen LogP contribution in [-0.4, -0.2) is 42.6 Å². The lowest BCUT2D eigenvalue weighted by molar-refractivity contribution is -0.120. The van der Waals surface area contributed by atoms with Crippen molar-refractivity contribution in [3.63, 3.8) is 0 Å². The molecular formula is C22H22N4O4. The fourth-order valence-corrected chi connectivity index (χ4v) is 4.49. The highest BCUT2D eigenvalue weighted by Gasteiger charge is 2.39. The van der Waals surface area contributed by atoms with Crippen LogP contribution in [-0.2, 0) is 9.53 Å². The molecule has 0 spiro atoms. The predicted molar refractivity (Wildman–Crippen MR) is 108 cm³/mol. The van der Waals surface area contributed by atoms with Gasteiger partial charge in [-0.15, -0.1) is 0 Å². The number of rotatable bonds is 5. The van der Waals surface area contributed by atoms with Crippen molar-refractivity contribution >= 4 is 11.7 Å². The van der Waals surface area contributed by atoms with Crippen molar-refractivity contribution in [2.75, 3.05) is 19.9 Å². The molecule has 1 aromatic rings. The van der Waals surface area contributed by atoms with Crippen molar-refractivity contribution in [3.05, 3.63) is 58.8 Å². The molecule has 5 aliphatic rings. The molecular weight excluding hydrogens is 384 g/mol. The van der Waals surface area contributed by atoms with Gasteiger partial charge in [0.2, 0.25) is 12.7 Å². The van der Waals surface area contributed by atoms with E-state index in [9.17, 15) is 4.79 Å². The molecule has 30 heavy (non-hydrogen) atoms. The van der Waals surface area contributed by atoms with E-state index in [1.54, 1.807) is 6.26 Å². The van der Waals surface area contributed by atoms with E-state index in [1.165, 1.54) is 5.57 Å². The Kier molecular flexibility index (Phi) is 3.81. The summed E-state index contributed by atoms with van der Waals surface area (Å²) >= 11 is 0. The molecule has 1 atom stereocenters. The van der Waals surface area contributed by atoms with Crippen LogP contribution in [0.1, 0.15) is 24.8 Å². The number of carbonyl (C=O) groups excluding carboxylic acids is 1. The number of aliphatic imine (C=N–C) groups is 1. The zero-order valence-corrected chi connectivity index (χ0v) is 16.4. The summed E-state index contributed by atoms with van der Waals surface area (Å²) in [6.07, 6.45) is 6.48. The van der Waals surface area contributed by atoms with Crippen molar-refractivity contribution in [1.82, 2.24) is 10.2 Å². The summed E-state index contributed by atoms with van der Waals surface area (Å²) in [6, 6.07) is 5.50. The topological polar surface area (TPSA) is 98.4 Å². The molecule has 4 aliphatic heterocycles. The molecule has 3 N–H and O–H groups in total. The number of nitrogens with zero attached hydrogens (tertiary/aromatic N) is 2. The highest BCUT2D eigenvalue weighted by Crippen LogP contribution is 2.40. The number of hydrogen-bond acceptors (Lipinski definition) is 7. The second kappa shape index (κ2) is 6.55. The van der Waals surface area contributed by atoms with E-state index in [1.807, 2.05) is 24.4 Å². The Hall–Kier alpha value is -3.42. The first-order valence-corrected chi connectivity index (χ1v) is 10.2. The van der Waals surface area contributed by atoms with Crippen molar-refractivity contribution < 1.29 is 19.0 Å². The number of nitrogens with one attached hydrogen (secondary N) is 1. The second-order valence-electron chi connectivity index (χ2n) is 8.12. The summed E-state index contributed by atoms with van der Waals surface area (Å²) in [6.45, 7) is 1.59.